The molecule has 0 bridgehead atoms. The van der Waals surface area contributed by atoms with E-state index < -0.39 is 43.4 Å². The van der Waals surface area contributed by atoms with Crippen LogP contribution in [0.4, 0.5) is 5.82 Å². The third-order valence-electron chi connectivity index (χ3n) is 10.5. The second kappa shape index (κ2) is 19.0. The van der Waals surface area contributed by atoms with Crippen LogP contribution in [0.5, 0.6) is 0 Å². The Morgan fingerprint density at radius 3 is 2.21 bits per heavy atom. The SMILES string of the molecule is CCCCCCCCCCCCCCCCCCOC[C@H](COP(=O)(O)OC1[C@H]2O[C@@](C)(c3ccc4c(N)ncnn34)[C@H](O)[C@@]12O)n1cc(C#N)nn1. The number of rotatable bonds is 26. The fraction of sp³-hybridized carbons (Fsp3) is 0.750. The fourth-order valence-corrected chi connectivity index (χ4v) is 8.26. The number of hydrogen-bond acceptors (Lipinski definition) is 13. The number of nitrogen functional groups attached to an aromatic ring is 1. The minimum absolute atomic E-state index is 0.0726. The van der Waals surface area contributed by atoms with Gasteiger partial charge in [0.05, 0.1) is 25.1 Å². The number of aliphatic hydroxyl groups is 2. The van der Waals surface area contributed by atoms with Gasteiger partial charge < -0.3 is 30.3 Å². The number of ether oxygens (including phenoxy) is 2. The van der Waals surface area contributed by atoms with Gasteiger partial charge in [0.1, 0.15) is 47.9 Å². The molecule has 2 aliphatic rings. The van der Waals surface area contributed by atoms with Gasteiger partial charge >= 0.3 is 7.82 Å². The van der Waals surface area contributed by atoms with E-state index >= 15 is 0 Å². The number of unbranched alkanes of at least 4 members (excludes halogenated alkanes) is 15. The average Bonchev–Trinajstić information content (AvgIpc) is 3.60. The molecule has 1 saturated heterocycles. The van der Waals surface area contributed by atoms with Gasteiger partial charge in [-0.05, 0) is 25.5 Å². The summed E-state index contributed by atoms with van der Waals surface area (Å²) in [5.74, 6) is 0.226. The highest BCUT2D eigenvalue weighted by atomic mass is 31.2. The maximum atomic E-state index is 13.1. The van der Waals surface area contributed by atoms with Crippen LogP contribution in [0, 0.1) is 11.3 Å². The van der Waals surface area contributed by atoms with Gasteiger partial charge in [0, 0.05) is 6.61 Å². The van der Waals surface area contributed by atoms with Gasteiger partial charge in [-0.2, -0.15) is 10.4 Å². The van der Waals surface area contributed by atoms with Crippen molar-refractivity contribution in [3.63, 3.8) is 0 Å². The molecule has 53 heavy (non-hydrogen) atoms. The number of fused-ring (bicyclic) bond motifs is 2. The highest BCUT2D eigenvalue weighted by Crippen LogP contribution is 2.63. The maximum absolute atomic E-state index is 13.1. The Balaban J connectivity index is 0.997. The molecule has 4 heterocycles. The van der Waals surface area contributed by atoms with Gasteiger partial charge in [-0.1, -0.05) is 108 Å². The quantitative estimate of drug-likeness (QED) is 0.0584. The van der Waals surface area contributed by atoms with E-state index in [0.717, 1.165) is 19.3 Å². The van der Waals surface area contributed by atoms with Crippen molar-refractivity contribution >= 4 is 19.2 Å². The lowest BCUT2D eigenvalue weighted by molar-refractivity contribution is -0.126. The lowest BCUT2D eigenvalue weighted by Gasteiger charge is -2.32. The van der Waals surface area contributed by atoms with E-state index in [2.05, 4.69) is 27.3 Å². The van der Waals surface area contributed by atoms with E-state index in [1.807, 2.05) is 6.07 Å². The first-order chi connectivity index (χ1) is 25.5. The molecule has 5 N–H and O–H groups in total. The Morgan fingerprint density at radius 1 is 1.02 bits per heavy atom. The molecule has 5 rings (SSSR count). The summed E-state index contributed by atoms with van der Waals surface area (Å²) in [7, 11) is -4.79. The molecule has 0 aromatic carbocycles. The van der Waals surface area contributed by atoms with Gasteiger partial charge in [-0.15, -0.1) is 5.10 Å². The van der Waals surface area contributed by atoms with Gasteiger partial charge in [0.25, 0.3) is 0 Å². The van der Waals surface area contributed by atoms with Crippen LogP contribution < -0.4 is 5.73 Å². The molecule has 2 unspecified atom stereocenters. The van der Waals surface area contributed by atoms with Crippen LogP contribution in [0.15, 0.2) is 24.7 Å². The Morgan fingerprint density at radius 2 is 1.64 bits per heavy atom. The largest absolute Gasteiger partial charge is 0.472 e. The molecule has 1 aliphatic heterocycles. The van der Waals surface area contributed by atoms with Crippen molar-refractivity contribution in [2.75, 3.05) is 25.6 Å². The van der Waals surface area contributed by atoms with Crippen LogP contribution in [0.25, 0.3) is 5.52 Å². The zero-order valence-electron chi connectivity index (χ0n) is 31.1. The van der Waals surface area contributed by atoms with Crippen LogP contribution in [0.1, 0.15) is 134 Å². The van der Waals surface area contributed by atoms with Gasteiger partial charge in [-0.3, -0.25) is 9.05 Å². The molecule has 0 spiro atoms. The number of aliphatic hydroxyl groups excluding tert-OH is 1. The number of anilines is 1. The molecule has 1 aliphatic carbocycles. The van der Waals surface area contributed by atoms with Crippen LogP contribution in [-0.2, 0) is 28.7 Å². The first kappa shape index (κ1) is 41.2. The summed E-state index contributed by atoms with van der Waals surface area (Å²) in [6.07, 6.45) is 19.1. The molecule has 0 radical (unpaired) electrons. The minimum atomic E-state index is -4.79. The molecule has 2 fully saturated rings. The predicted octanol–water partition coefficient (Wildman–Crippen LogP) is 5.52. The number of hydrogen-bond donors (Lipinski definition) is 4. The van der Waals surface area contributed by atoms with Crippen LogP contribution in [0.2, 0.25) is 0 Å². The molecule has 294 valence electrons. The van der Waals surface area contributed by atoms with Gasteiger partial charge in [0.15, 0.2) is 17.1 Å². The average molecular weight is 761 g/mol. The molecule has 3 aromatic heterocycles. The molecule has 7 atom stereocenters. The van der Waals surface area contributed by atoms with E-state index in [1.54, 1.807) is 19.1 Å². The van der Waals surface area contributed by atoms with Crippen molar-refractivity contribution in [1.29, 1.82) is 5.26 Å². The number of nitriles is 1. The summed E-state index contributed by atoms with van der Waals surface area (Å²) in [6.45, 7) is 4.04. The summed E-state index contributed by atoms with van der Waals surface area (Å²) in [4.78, 5) is 14.6. The maximum Gasteiger partial charge on any atom is 0.472 e. The topological polar surface area (TPSA) is 225 Å². The van der Waals surface area contributed by atoms with Gasteiger partial charge in [0.2, 0.25) is 0 Å². The van der Waals surface area contributed by atoms with Gasteiger partial charge in [-0.25, -0.2) is 18.7 Å². The first-order valence-electron chi connectivity index (χ1n) is 19.3. The summed E-state index contributed by atoms with van der Waals surface area (Å²) in [5, 5.41) is 43.7. The molecular formula is C36H57N8O8P. The van der Waals surface area contributed by atoms with Crippen molar-refractivity contribution in [2.24, 2.45) is 0 Å². The minimum Gasteiger partial charge on any atom is -0.386 e. The number of phosphoric acid groups is 1. The second-order valence-corrected chi connectivity index (χ2v) is 16.0. The number of aromatic nitrogens is 6. The number of nitrogens with zero attached hydrogens (tertiary/aromatic N) is 7. The Bertz CT molecular complexity index is 1680. The molecule has 16 nitrogen and oxygen atoms in total. The van der Waals surface area contributed by atoms with Crippen LogP contribution in [-0.4, -0.2) is 88.4 Å². The van der Waals surface area contributed by atoms with E-state index in [-0.39, 0.29) is 24.7 Å². The molecule has 17 heteroatoms. The lowest BCUT2D eigenvalue weighted by Crippen LogP contribution is -2.46. The third kappa shape index (κ3) is 10.2. The standard InChI is InChI=1S/C36H57N8O8P/c1-3-4-5-6-7-8-9-10-11-12-13-14-15-16-17-18-21-49-24-28(43-23-27(22-37)41-42-43)25-50-53(47,48)52-32-31-36(32,46)34(45)35(2,51-31)30-20-19-29-33(38)39-26-40-44(29)30/h19-20,23,26,28,31-32,34,45-46H,3-18,21,24-25H2,1-2H3,(H,47,48)(H2,38,39,40)/t28-,31-,32?,34+,35+,36+/m1/s1. The highest BCUT2D eigenvalue weighted by Gasteiger charge is 2.82. The zero-order chi connectivity index (χ0) is 37.9. The summed E-state index contributed by atoms with van der Waals surface area (Å²) >= 11 is 0. The monoisotopic (exact) mass is 760 g/mol. The molecule has 0 amide bonds. The highest BCUT2D eigenvalue weighted by molar-refractivity contribution is 7.47. The third-order valence-corrected chi connectivity index (χ3v) is 11.5. The zero-order valence-corrected chi connectivity index (χ0v) is 32.0. The van der Waals surface area contributed by atoms with E-state index in [0.29, 0.717) is 17.8 Å². The molecule has 3 aromatic rings. The molecule has 1 saturated carbocycles. The fourth-order valence-electron chi connectivity index (χ4n) is 7.27. The number of phosphoric ester groups is 1. The van der Waals surface area contributed by atoms with E-state index in [4.69, 9.17) is 24.3 Å². The van der Waals surface area contributed by atoms with E-state index in [1.165, 1.54) is 105 Å². The predicted molar refractivity (Wildman–Crippen MR) is 195 cm³/mol. The van der Waals surface area contributed by atoms with Crippen molar-refractivity contribution in [2.45, 2.75) is 152 Å². The van der Waals surface area contributed by atoms with Crippen molar-refractivity contribution in [3.05, 3.63) is 36.0 Å². The summed E-state index contributed by atoms with van der Waals surface area (Å²) < 4.78 is 38.4. The first-order valence-corrected chi connectivity index (χ1v) is 20.8. The Hall–Kier alpha value is -3.00. The smallest absolute Gasteiger partial charge is 0.386 e. The molecular weight excluding hydrogens is 703 g/mol. The van der Waals surface area contributed by atoms with Crippen molar-refractivity contribution in [1.82, 2.24) is 29.6 Å². The summed E-state index contributed by atoms with van der Waals surface area (Å²) in [6, 6.07) is 4.53. The Kier molecular flexibility index (Phi) is 14.8. The van der Waals surface area contributed by atoms with Crippen LogP contribution in [0.3, 0.4) is 0 Å². The van der Waals surface area contributed by atoms with Crippen molar-refractivity contribution < 1.29 is 38.2 Å². The normalized spacial score (nSPS) is 25.3. The van der Waals surface area contributed by atoms with E-state index in [9.17, 15) is 24.9 Å². The second-order valence-electron chi connectivity index (χ2n) is 14.6. The summed E-state index contributed by atoms with van der Waals surface area (Å²) in [5.41, 5.74) is 3.49. The van der Waals surface area contributed by atoms with Crippen LogP contribution >= 0.6 is 7.82 Å². The number of nitrogens with two attached hydrogens (primary N) is 1. The Labute approximate surface area is 311 Å². The lowest BCUT2D eigenvalue weighted by atomic mass is 9.91. The van der Waals surface area contributed by atoms with Crippen molar-refractivity contribution in [3.8, 4) is 6.07 Å².